The maximum absolute atomic E-state index is 11.0. The number of nitrogens with one attached hydrogen (secondary N) is 1. The minimum absolute atomic E-state index is 0.386. The zero-order valence-corrected chi connectivity index (χ0v) is 9.98. The summed E-state index contributed by atoms with van der Waals surface area (Å²) in [6.07, 6.45) is 2.43. The molecule has 0 heterocycles. The Kier molecular flexibility index (Phi) is 3.64. The lowest BCUT2D eigenvalue weighted by Gasteiger charge is -2.36. The van der Waals surface area contributed by atoms with Crippen LogP contribution in [0.4, 0.5) is 5.69 Å². The molecule has 3 N–H and O–H groups in total. The number of hydrogen-bond donors (Lipinski definition) is 2. The Morgan fingerprint density at radius 3 is 2.94 bits per heavy atom. The molecule has 92 valence electrons. The summed E-state index contributed by atoms with van der Waals surface area (Å²) in [6, 6.07) is 7.73. The summed E-state index contributed by atoms with van der Waals surface area (Å²) in [5.41, 5.74) is 6.72. The van der Waals surface area contributed by atoms with E-state index in [4.69, 9.17) is 10.5 Å². The fourth-order valence-electron chi connectivity index (χ4n) is 2.05. The second-order valence-corrected chi connectivity index (χ2v) is 4.34. The number of rotatable bonds is 5. The van der Waals surface area contributed by atoms with Crippen LogP contribution in [0.1, 0.15) is 30.1 Å². The number of anilines is 1. The monoisotopic (exact) mass is 234 g/mol. The average molecular weight is 234 g/mol. The van der Waals surface area contributed by atoms with Gasteiger partial charge in [0.05, 0.1) is 6.10 Å². The molecule has 0 radical (unpaired) electrons. The van der Waals surface area contributed by atoms with Crippen LogP contribution in [0.15, 0.2) is 24.3 Å². The van der Waals surface area contributed by atoms with Crippen molar-refractivity contribution in [1.82, 2.24) is 0 Å². The van der Waals surface area contributed by atoms with Gasteiger partial charge in [0.1, 0.15) is 0 Å². The highest BCUT2D eigenvalue weighted by Crippen LogP contribution is 2.26. The van der Waals surface area contributed by atoms with Gasteiger partial charge in [0.25, 0.3) is 0 Å². The topological polar surface area (TPSA) is 64.3 Å². The molecule has 1 amide bonds. The lowest BCUT2D eigenvalue weighted by atomic mass is 9.89. The Bertz CT molecular complexity index is 400. The highest BCUT2D eigenvalue weighted by Gasteiger charge is 2.29. The van der Waals surface area contributed by atoms with Crippen LogP contribution in [0, 0.1) is 0 Å². The molecule has 0 bridgehead atoms. The molecule has 0 saturated heterocycles. The van der Waals surface area contributed by atoms with Crippen molar-refractivity contribution in [2.75, 3.05) is 11.9 Å². The first-order chi connectivity index (χ1) is 8.19. The van der Waals surface area contributed by atoms with Gasteiger partial charge in [-0.05, 0) is 38.0 Å². The number of amides is 1. The van der Waals surface area contributed by atoms with Crippen molar-refractivity contribution in [2.45, 2.75) is 31.9 Å². The van der Waals surface area contributed by atoms with Gasteiger partial charge in [-0.2, -0.15) is 0 Å². The van der Waals surface area contributed by atoms with E-state index in [2.05, 4.69) is 5.32 Å². The number of benzene rings is 1. The van der Waals surface area contributed by atoms with Crippen molar-refractivity contribution in [1.29, 1.82) is 0 Å². The Labute approximate surface area is 101 Å². The SMILES string of the molecule is CCOC1CC(Nc2cccc(C(N)=O)c2)C1. The van der Waals surface area contributed by atoms with Crippen LogP contribution in [0.5, 0.6) is 0 Å². The third-order valence-electron chi connectivity index (χ3n) is 3.02. The highest BCUT2D eigenvalue weighted by atomic mass is 16.5. The molecule has 1 aliphatic carbocycles. The second-order valence-electron chi connectivity index (χ2n) is 4.34. The van der Waals surface area contributed by atoms with Crippen molar-refractivity contribution >= 4 is 11.6 Å². The van der Waals surface area contributed by atoms with E-state index in [9.17, 15) is 4.79 Å². The summed E-state index contributed by atoms with van der Waals surface area (Å²) in [7, 11) is 0. The number of primary amides is 1. The molecule has 2 rings (SSSR count). The molecule has 0 unspecified atom stereocenters. The molecule has 0 aromatic heterocycles. The molecule has 0 aliphatic heterocycles. The van der Waals surface area contributed by atoms with Gasteiger partial charge >= 0.3 is 0 Å². The van der Waals surface area contributed by atoms with E-state index in [-0.39, 0.29) is 0 Å². The Morgan fingerprint density at radius 1 is 1.53 bits per heavy atom. The molecule has 17 heavy (non-hydrogen) atoms. The van der Waals surface area contributed by atoms with E-state index in [1.807, 2.05) is 19.1 Å². The lowest BCUT2D eigenvalue weighted by molar-refractivity contribution is 0.00299. The standard InChI is InChI=1S/C13H18N2O2/c1-2-17-12-7-11(8-12)15-10-5-3-4-9(6-10)13(14)16/h3-6,11-12,15H,2,7-8H2,1H3,(H2,14,16). The molecule has 1 fully saturated rings. The molecule has 0 atom stereocenters. The first kappa shape index (κ1) is 11.9. The summed E-state index contributed by atoms with van der Waals surface area (Å²) in [5.74, 6) is -0.394. The van der Waals surface area contributed by atoms with Crippen molar-refractivity contribution < 1.29 is 9.53 Å². The van der Waals surface area contributed by atoms with Crippen LogP contribution in [-0.2, 0) is 4.74 Å². The van der Waals surface area contributed by atoms with Gasteiger partial charge in [0, 0.05) is 23.9 Å². The molecular weight excluding hydrogens is 216 g/mol. The largest absolute Gasteiger partial charge is 0.382 e. The van der Waals surface area contributed by atoms with E-state index < -0.39 is 5.91 Å². The number of nitrogens with two attached hydrogens (primary N) is 1. The first-order valence-electron chi connectivity index (χ1n) is 5.97. The molecule has 1 aliphatic rings. The van der Waals surface area contributed by atoms with Gasteiger partial charge in [0.2, 0.25) is 5.91 Å². The zero-order chi connectivity index (χ0) is 12.3. The first-order valence-corrected chi connectivity index (χ1v) is 5.97. The van der Waals surface area contributed by atoms with E-state index >= 15 is 0 Å². The predicted octanol–water partition coefficient (Wildman–Crippen LogP) is 1.76. The van der Waals surface area contributed by atoms with E-state index in [0.717, 1.165) is 25.1 Å². The van der Waals surface area contributed by atoms with Gasteiger partial charge in [0.15, 0.2) is 0 Å². The fraction of sp³-hybridized carbons (Fsp3) is 0.462. The normalized spacial score (nSPS) is 22.9. The van der Waals surface area contributed by atoms with Crippen LogP contribution < -0.4 is 11.1 Å². The fourth-order valence-corrected chi connectivity index (χ4v) is 2.05. The second kappa shape index (κ2) is 5.19. The minimum atomic E-state index is -0.394. The predicted molar refractivity (Wildman–Crippen MR) is 67.0 cm³/mol. The quantitative estimate of drug-likeness (QED) is 0.816. The molecule has 1 aromatic carbocycles. The Balaban J connectivity index is 1.88. The van der Waals surface area contributed by atoms with Crippen LogP contribution in [0.2, 0.25) is 0 Å². The molecule has 0 spiro atoms. The Morgan fingerprint density at radius 2 is 2.29 bits per heavy atom. The van der Waals surface area contributed by atoms with Crippen LogP contribution in [-0.4, -0.2) is 24.7 Å². The van der Waals surface area contributed by atoms with Crippen LogP contribution in [0.25, 0.3) is 0 Å². The molecule has 4 heteroatoms. The maximum Gasteiger partial charge on any atom is 0.248 e. The summed E-state index contributed by atoms with van der Waals surface area (Å²) in [4.78, 5) is 11.0. The van der Waals surface area contributed by atoms with E-state index in [1.165, 1.54) is 0 Å². The molecule has 1 aromatic rings. The molecular formula is C13H18N2O2. The lowest BCUT2D eigenvalue weighted by Crippen LogP contribution is -2.40. The average Bonchev–Trinajstić information content (AvgIpc) is 2.27. The van der Waals surface area contributed by atoms with Crippen LogP contribution >= 0.6 is 0 Å². The third kappa shape index (κ3) is 2.97. The summed E-state index contributed by atoms with van der Waals surface area (Å²) < 4.78 is 5.49. The van der Waals surface area contributed by atoms with Gasteiger partial charge in [-0.3, -0.25) is 4.79 Å². The third-order valence-corrected chi connectivity index (χ3v) is 3.02. The zero-order valence-electron chi connectivity index (χ0n) is 9.98. The number of hydrogen-bond acceptors (Lipinski definition) is 3. The molecule has 4 nitrogen and oxygen atoms in total. The van der Waals surface area contributed by atoms with Crippen LogP contribution in [0.3, 0.4) is 0 Å². The number of ether oxygens (including phenoxy) is 1. The van der Waals surface area contributed by atoms with Gasteiger partial charge in [-0.1, -0.05) is 6.07 Å². The van der Waals surface area contributed by atoms with Crippen molar-refractivity contribution in [3.8, 4) is 0 Å². The van der Waals surface area contributed by atoms with Gasteiger partial charge in [-0.25, -0.2) is 0 Å². The highest BCUT2D eigenvalue weighted by molar-refractivity contribution is 5.93. The van der Waals surface area contributed by atoms with E-state index in [0.29, 0.717) is 17.7 Å². The summed E-state index contributed by atoms with van der Waals surface area (Å²) >= 11 is 0. The summed E-state index contributed by atoms with van der Waals surface area (Å²) in [6.45, 7) is 2.78. The van der Waals surface area contributed by atoms with Crippen molar-refractivity contribution in [3.05, 3.63) is 29.8 Å². The Hall–Kier alpha value is -1.55. The molecule has 1 saturated carbocycles. The minimum Gasteiger partial charge on any atom is -0.382 e. The van der Waals surface area contributed by atoms with Gasteiger partial charge in [-0.15, -0.1) is 0 Å². The number of carbonyl (C=O) groups excluding carboxylic acids is 1. The maximum atomic E-state index is 11.0. The van der Waals surface area contributed by atoms with Gasteiger partial charge < -0.3 is 15.8 Å². The smallest absolute Gasteiger partial charge is 0.248 e. The summed E-state index contributed by atoms with van der Waals surface area (Å²) in [5, 5.41) is 3.37. The van der Waals surface area contributed by atoms with Crippen molar-refractivity contribution in [2.24, 2.45) is 5.73 Å². The number of carbonyl (C=O) groups is 1. The van der Waals surface area contributed by atoms with E-state index in [1.54, 1.807) is 12.1 Å². The van der Waals surface area contributed by atoms with Crippen molar-refractivity contribution in [3.63, 3.8) is 0 Å².